The Hall–Kier alpha value is -5.06. The van der Waals surface area contributed by atoms with E-state index in [1.807, 2.05) is 23.5 Å². The molecule has 5 aromatic carbocycles. The molecule has 0 fully saturated rings. The highest BCUT2D eigenvalue weighted by molar-refractivity contribution is 7.23. The molecule has 0 N–H and O–H groups in total. The van der Waals surface area contributed by atoms with Gasteiger partial charge in [0.1, 0.15) is 0 Å². The van der Waals surface area contributed by atoms with Gasteiger partial charge in [0, 0.05) is 42.8 Å². The maximum Gasteiger partial charge on any atom is 0.235 e. The number of rotatable bonds is 3. The number of aromatic nitrogens is 2. The summed E-state index contributed by atoms with van der Waals surface area (Å²) in [6, 6.07) is 48.8. The molecule has 40 heavy (non-hydrogen) atoms. The molecule has 1 aliphatic heterocycles. The summed E-state index contributed by atoms with van der Waals surface area (Å²) in [6.07, 6.45) is 0. The van der Waals surface area contributed by atoms with E-state index in [-0.39, 0.29) is 0 Å². The monoisotopic (exact) mass is 529 g/mol. The van der Waals surface area contributed by atoms with Gasteiger partial charge in [0.25, 0.3) is 0 Å². The lowest BCUT2D eigenvalue weighted by Gasteiger charge is -2.26. The Labute approximate surface area is 236 Å². The largest absolute Gasteiger partial charge is 0.278 e. The van der Waals surface area contributed by atoms with E-state index in [4.69, 9.17) is 9.97 Å². The average Bonchev–Trinajstić information content (AvgIpc) is 3.36. The van der Waals surface area contributed by atoms with Crippen molar-refractivity contribution in [1.29, 1.82) is 0 Å². The number of hydrogen-bond donors (Lipinski definition) is 0. The van der Waals surface area contributed by atoms with Crippen molar-refractivity contribution in [3.05, 3.63) is 140 Å². The zero-order valence-electron chi connectivity index (χ0n) is 21.5. The predicted octanol–water partition coefficient (Wildman–Crippen LogP) is 10.1. The molecule has 0 aliphatic carbocycles. The van der Waals surface area contributed by atoms with Crippen molar-refractivity contribution >= 4 is 38.7 Å². The molecular weight excluding hydrogens is 506 g/mol. The zero-order valence-corrected chi connectivity index (χ0v) is 22.3. The maximum atomic E-state index is 5.22. The molecule has 0 bridgehead atoms. The number of benzene rings is 5. The van der Waals surface area contributed by atoms with Crippen molar-refractivity contribution in [3.8, 4) is 44.1 Å². The van der Waals surface area contributed by atoms with Crippen LogP contribution in [0.4, 0.5) is 17.3 Å². The normalized spacial score (nSPS) is 11.9. The van der Waals surface area contributed by atoms with Gasteiger partial charge in [-0.25, -0.2) is 9.97 Å². The van der Waals surface area contributed by atoms with Crippen LogP contribution in [0.2, 0.25) is 0 Å². The summed E-state index contributed by atoms with van der Waals surface area (Å²) in [6.45, 7) is 0. The predicted molar refractivity (Wildman–Crippen MR) is 167 cm³/mol. The van der Waals surface area contributed by atoms with Crippen LogP contribution in [0, 0.1) is 0 Å². The standard InChI is InChI=1S/C36H23N3S/c1-3-13-24(14-4-1)29-23-30(25-15-5-2-6-16-25)38-36(37-29)39-31-20-10-7-17-26(31)34-28-19-9-12-22-33(28)40-35(34)27-18-8-11-21-32(27)39/h1-23H. The number of para-hydroxylation sites is 2. The number of fused-ring (bicyclic) bond motifs is 7. The Balaban J connectivity index is 1.45. The first-order valence-electron chi connectivity index (χ1n) is 13.4. The first-order valence-corrected chi connectivity index (χ1v) is 14.2. The van der Waals surface area contributed by atoms with E-state index in [0.717, 1.165) is 33.9 Å². The van der Waals surface area contributed by atoms with E-state index in [1.54, 1.807) is 0 Å². The van der Waals surface area contributed by atoms with Crippen molar-refractivity contribution in [1.82, 2.24) is 9.97 Å². The third kappa shape index (κ3) is 3.65. The second kappa shape index (κ2) is 9.30. The molecule has 188 valence electrons. The van der Waals surface area contributed by atoms with E-state index in [9.17, 15) is 0 Å². The van der Waals surface area contributed by atoms with Crippen molar-refractivity contribution in [2.24, 2.45) is 0 Å². The molecule has 3 nitrogen and oxygen atoms in total. The molecule has 0 saturated carbocycles. The summed E-state index contributed by atoms with van der Waals surface area (Å²) in [5.74, 6) is 0.652. The van der Waals surface area contributed by atoms with Gasteiger partial charge in [-0.15, -0.1) is 11.3 Å². The summed E-state index contributed by atoms with van der Waals surface area (Å²) in [4.78, 5) is 14.0. The molecule has 1 aliphatic rings. The minimum atomic E-state index is 0.652. The lowest BCUT2D eigenvalue weighted by molar-refractivity contribution is 1.09. The van der Waals surface area contributed by atoms with E-state index in [1.165, 1.54) is 31.7 Å². The van der Waals surface area contributed by atoms with E-state index in [2.05, 4.69) is 132 Å². The minimum Gasteiger partial charge on any atom is -0.278 e. The van der Waals surface area contributed by atoms with Gasteiger partial charge in [-0.3, -0.25) is 4.90 Å². The van der Waals surface area contributed by atoms with E-state index in [0.29, 0.717) is 5.95 Å². The highest BCUT2D eigenvalue weighted by Crippen LogP contribution is 2.55. The van der Waals surface area contributed by atoms with Gasteiger partial charge in [0.05, 0.1) is 22.8 Å². The quantitative estimate of drug-likeness (QED) is 0.228. The minimum absolute atomic E-state index is 0.652. The third-order valence-electron chi connectivity index (χ3n) is 7.45. The van der Waals surface area contributed by atoms with Crippen LogP contribution in [0.15, 0.2) is 140 Å². The Morgan fingerprint density at radius 1 is 0.500 bits per heavy atom. The third-order valence-corrected chi connectivity index (χ3v) is 8.66. The maximum absolute atomic E-state index is 5.22. The lowest BCUT2D eigenvalue weighted by atomic mass is 9.99. The van der Waals surface area contributed by atoms with Crippen LogP contribution in [0.3, 0.4) is 0 Å². The smallest absolute Gasteiger partial charge is 0.235 e. The molecule has 2 aromatic heterocycles. The molecule has 0 radical (unpaired) electrons. The Bertz CT molecular complexity index is 1950. The van der Waals surface area contributed by atoms with Gasteiger partial charge in [0.15, 0.2) is 0 Å². The molecule has 0 amide bonds. The highest BCUT2D eigenvalue weighted by Gasteiger charge is 2.30. The van der Waals surface area contributed by atoms with Crippen LogP contribution >= 0.6 is 11.3 Å². The first-order chi connectivity index (χ1) is 19.8. The fourth-order valence-corrected chi connectivity index (χ4v) is 6.89. The van der Waals surface area contributed by atoms with E-state index >= 15 is 0 Å². The fraction of sp³-hybridized carbons (Fsp3) is 0. The van der Waals surface area contributed by atoms with Gasteiger partial charge in [-0.1, -0.05) is 115 Å². The molecule has 0 spiro atoms. The molecule has 0 saturated heterocycles. The van der Waals surface area contributed by atoms with E-state index < -0.39 is 0 Å². The molecule has 0 atom stereocenters. The number of thiophene rings is 1. The second-order valence-electron chi connectivity index (χ2n) is 9.84. The first kappa shape index (κ1) is 22.9. The Morgan fingerprint density at radius 2 is 1.02 bits per heavy atom. The number of hydrogen-bond acceptors (Lipinski definition) is 4. The van der Waals surface area contributed by atoms with Crippen molar-refractivity contribution in [2.75, 3.05) is 4.90 Å². The molecule has 4 heteroatoms. The second-order valence-corrected chi connectivity index (χ2v) is 10.9. The van der Waals surface area contributed by atoms with Crippen LogP contribution < -0.4 is 4.90 Å². The average molecular weight is 530 g/mol. The van der Waals surface area contributed by atoms with Crippen LogP contribution in [-0.4, -0.2) is 9.97 Å². The molecule has 8 rings (SSSR count). The van der Waals surface area contributed by atoms with Crippen LogP contribution in [-0.2, 0) is 0 Å². The highest BCUT2D eigenvalue weighted by atomic mass is 32.1. The van der Waals surface area contributed by atoms with Crippen molar-refractivity contribution in [3.63, 3.8) is 0 Å². The van der Waals surface area contributed by atoms with Gasteiger partial charge in [-0.2, -0.15) is 0 Å². The summed E-state index contributed by atoms with van der Waals surface area (Å²) in [7, 11) is 0. The zero-order chi connectivity index (χ0) is 26.5. The van der Waals surface area contributed by atoms with Crippen LogP contribution in [0.25, 0.3) is 54.2 Å². The fourth-order valence-electron chi connectivity index (χ4n) is 5.64. The van der Waals surface area contributed by atoms with Crippen LogP contribution in [0.1, 0.15) is 0 Å². The lowest BCUT2D eigenvalue weighted by Crippen LogP contribution is -2.15. The molecule has 3 heterocycles. The molecular formula is C36H23N3S. The summed E-state index contributed by atoms with van der Waals surface area (Å²) in [5.41, 5.74) is 9.69. The number of nitrogens with zero attached hydrogens (tertiary/aromatic N) is 3. The summed E-state index contributed by atoms with van der Waals surface area (Å²) < 4.78 is 1.29. The van der Waals surface area contributed by atoms with Crippen molar-refractivity contribution in [2.45, 2.75) is 0 Å². The number of anilines is 3. The van der Waals surface area contributed by atoms with Gasteiger partial charge in [-0.05, 0) is 24.3 Å². The Kier molecular flexibility index (Phi) is 5.32. The van der Waals surface area contributed by atoms with Gasteiger partial charge < -0.3 is 0 Å². The SMILES string of the molecule is c1ccc(-c2cc(-c3ccccc3)nc(N3c4ccccc4-c4sc5ccccc5c4-c4ccccc43)n2)cc1. The molecule has 7 aromatic rings. The van der Waals surface area contributed by atoms with Crippen molar-refractivity contribution < 1.29 is 0 Å². The summed E-state index contributed by atoms with van der Waals surface area (Å²) in [5, 5.41) is 1.27. The molecule has 0 unspecified atom stereocenters. The summed E-state index contributed by atoms with van der Waals surface area (Å²) >= 11 is 1.85. The Morgan fingerprint density at radius 3 is 1.70 bits per heavy atom. The van der Waals surface area contributed by atoms with Crippen LogP contribution in [0.5, 0.6) is 0 Å². The topological polar surface area (TPSA) is 29.0 Å². The van der Waals surface area contributed by atoms with Gasteiger partial charge >= 0.3 is 0 Å². The van der Waals surface area contributed by atoms with Gasteiger partial charge in [0.2, 0.25) is 5.95 Å².